The van der Waals surface area contributed by atoms with Crippen LogP contribution >= 0.6 is 0 Å². The molecular formula is C12H22O2. The summed E-state index contributed by atoms with van der Waals surface area (Å²) in [6, 6.07) is 0. The van der Waals surface area contributed by atoms with Crippen molar-refractivity contribution in [1.29, 1.82) is 0 Å². The largest absolute Gasteiger partial charge is 0.465 e. The van der Waals surface area contributed by atoms with Crippen LogP contribution in [0, 0.1) is 5.41 Å². The Morgan fingerprint density at radius 1 is 1.43 bits per heavy atom. The lowest BCUT2D eigenvalue weighted by Crippen LogP contribution is -2.25. The van der Waals surface area contributed by atoms with E-state index in [9.17, 15) is 4.79 Å². The van der Waals surface area contributed by atoms with E-state index in [0.29, 0.717) is 18.4 Å². The summed E-state index contributed by atoms with van der Waals surface area (Å²) in [5, 5.41) is 0. The van der Waals surface area contributed by atoms with Crippen molar-refractivity contribution >= 4 is 5.97 Å². The Bertz CT molecular complexity index is 189. The van der Waals surface area contributed by atoms with Crippen LogP contribution in [0.4, 0.5) is 0 Å². The van der Waals surface area contributed by atoms with Gasteiger partial charge in [0.15, 0.2) is 0 Å². The maximum atomic E-state index is 11.1. The Labute approximate surface area is 87.0 Å². The zero-order valence-corrected chi connectivity index (χ0v) is 9.47. The van der Waals surface area contributed by atoms with Gasteiger partial charge >= 0.3 is 5.97 Å². The average molecular weight is 198 g/mol. The highest BCUT2D eigenvalue weighted by molar-refractivity contribution is 5.69. The van der Waals surface area contributed by atoms with E-state index in [1.165, 1.54) is 19.3 Å². The van der Waals surface area contributed by atoms with E-state index in [4.69, 9.17) is 4.74 Å². The molecule has 1 saturated heterocycles. The van der Waals surface area contributed by atoms with Crippen molar-refractivity contribution < 1.29 is 9.53 Å². The first-order chi connectivity index (χ1) is 6.72. The number of carbonyl (C=O) groups excluding carboxylic acids is 1. The van der Waals surface area contributed by atoms with Gasteiger partial charge in [-0.2, -0.15) is 0 Å². The Morgan fingerprint density at radius 3 is 2.86 bits per heavy atom. The summed E-state index contributed by atoms with van der Waals surface area (Å²) in [7, 11) is 0. The van der Waals surface area contributed by atoms with Crippen molar-refractivity contribution in [3.63, 3.8) is 0 Å². The summed E-state index contributed by atoms with van der Waals surface area (Å²) in [4.78, 5) is 11.1. The third-order valence-electron chi connectivity index (χ3n) is 3.44. The first-order valence-corrected chi connectivity index (χ1v) is 5.88. The summed E-state index contributed by atoms with van der Waals surface area (Å²) in [5.41, 5.74) is 0.294. The van der Waals surface area contributed by atoms with E-state index < -0.39 is 0 Å². The zero-order valence-electron chi connectivity index (χ0n) is 9.47. The van der Waals surface area contributed by atoms with Crippen LogP contribution in [0.15, 0.2) is 0 Å². The van der Waals surface area contributed by atoms with Gasteiger partial charge in [0, 0.05) is 11.8 Å². The number of hydrogen-bond acceptors (Lipinski definition) is 2. The lowest BCUT2D eigenvalue weighted by Gasteiger charge is -2.30. The normalized spacial score (nSPS) is 28.3. The topological polar surface area (TPSA) is 26.3 Å². The van der Waals surface area contributed by atoms with Crippen molar-refractivity contribution in [3.05, 3.63) is 0 Å². The van der Waals surface area contributed by atoms with E-state index in [2.05, 4.69) is 13.8 Å². The minimum absolute atomic E-state index is 0.00294. The van der Waals surface area contributed by atoms with E-state index in [-0.39, 0.29) is 5.97 Å². The van der Waals surface area contributed by atoms with Gasteiger partial charge in [-0.1, -0.05) is 26.7 Å². The fourth-order valence-corrected chi connectivity index (χ4v) is 2.19. The van der Waals surface area contributed by atoms with Crippen molar-refractivity contribution in [2.24, 2.45) is 5.41 Å². The fraction of sp³-hybridized carbons (Fsp3) is 0.917. The monoisotopic (exact) mass is 198 g/mol. The number of ether oxygens (including phenoxy) is 1. The Kier molecular flexibility index (Phi) is 4.43. The molecule has 0 saturated carbocycles. The van der Waals surface area contributed by atoms with Crippen molar-refractivity contribution in [1.82, 2.24) is 0 Å². The van der Waals surface area contributed by atoms with Crippen LogP contribution in [-0.4, -0.2) is 12.6 Å². The van der Waals surface area contributed by atoms with Gasteiger partial charge in [0.2, 0.25) is 0 Å². The molecule has 0 aromatic heterocycles. The first-order valence-electron chi connectivity index (χ1n) is 5.88. The SMILES string of the molecule is CCCCC1(CC)CCCC(=O)OC1. The molecule has 1 rings (SSSR count). The third kappa shape index (κ3) is 3.00. The second-order valence-electron chi connectivity index (χ2n) is 4.47. The average Bonchev–Trinajstić information content (AvgIpc) is 2.39. The maximum Gasteiger partial charge on any atom is 0.305 e. The van der Waals surface area contributed by atoms with E-state index >= 15 is 0 Å². The number of hydrogen-bond donors (Lipinski definition) is 0. The molecule has 0 N–H and O–H groups in total. The molecule has 1 aliphatic heterocycles. The summed E-state index contributed by atoms with van der Waals surface area (Å²) in [6.07, 6.45) is 7.63. The standard InChI is InChI=1S/C12H22O2/c1-3-5-8-12(4-2)9-6-7-11(13)14-10-12/h3-10H2,1-2H3. The number of cyclic esters (lactones) is 1. The summed E-state index contributed by atoms with van der Waals surface area (Å²) in [5.74, 6) is -0.00294. The molecule has 0 bridgehead atoms. The lowest BCUT2D eigenvalue weighted by atomic mass is 9.77. The van der Waals surface area contributed by atoms with Gasteiger partial charge in [-0.05, 0) is 25.7 Å². The van der Waals surface area contributed by atoms with Crippen LogP contribution in [0.2, 0.25) is 0 Å². The lowest BCUT2D eigenvalue weighted by molar-refractivity contribution is -0.145. The minimum Gasteiger partial charge on any atom is -0.465 e. The van der Waals surface area contributed by atoms with Crippen LogP contribution in [0.25, 0.3) is 0 Å². The molecule has 2 heteroatoms. The molecule has 0 aliphatic carbocycles. The molecule has 82 valence electrons. The highest BCUT2D eigenvalue weighted by atomic mass is 16.5. The quantitative estimate of drug-likeness (QED) is 0.648. The van der Waals surface area contributed by atoms with Crippen LogP contribution in [-0.2, 0) is 9.53 Å². The summed E-state index contributed by atoms with van der Waals surface area (Å²) < 4.78 is 5.27. The second-order valence-corrected chi connectivity index (χ2v) is 4.47. The molecule has 0 amide bonds. The van der Waals surface area contributed by atoms with Gasteiger partial charge < -0.3 is 4.74 Å². The van der Waals surface area contributed by atoms with E-state index in [0.717, 1.165) is 19.3 Å². The molecule has 2 nitrogen and oxygen atoms in total. The summed E-state index contributed by atoms with van der Waals surface area (Å²) in [6.45, 7) is 5.09. The molecule has 0 spiro atoms. The maximum absolute atomic E-state index is 11.1. The van der Waals surface area contributed by atoms with Crippen molar-refractivity contribution in [2.45, 2.75) is 58.8 Å². The third-order valence-corrected chi connectivity index (χ3v) is 3.44. The first kappa shape index (κ1) is 11.5. The molecular weight excluding hydrogens is 176 g/mol. The molecule has 1 atom stereocenters. The van der Waals surface area contributed by atoms with E-state index in [1.807, 2.05) is 0 Å². The summed E-state index contributed by atoms with van der Waals surface area (Å²) >= 11 is 0. The van der Waals surface area contributed by atoms with Gasteiger partial charge in [0.1, 0.15) is 0 Å². The number of carbonyl (C=O) groups is 1. The predicted octanol–water partition coefficient (Wildman–Crippen LogP) is 3.30. The number of unbranched alkanes of at least 4 members (excludes halogenated alkanes) is 1. The molecule has 14 heavy (non-hydrogen) atoms. The van der Waals surface area contributed by atoms with Crippen LogP contribution < -0.4 is 0 Å². The number of rotatable bonds is 4. The highest BCUT2D eigenvalue weighted by Gasteiger charge is 2.31. The zero-order chi connectivity index (χ0) is 10.4. The Morgan fingerprint density at radius 2 is 2.21 bits per heavy atom. The van der Waals surface area contributed by atoms with Gasteiger partial charge in [0.05, 0.1) is 6.61 Å². The van der Waals surface area contributed by atoms with Gasteiger partial charge in [0.25, 0.3) is 0 Å². The molecule has 0 aromatic carbocycles. The molecule has 1 unspecified atom stereocenters. The van der Waals surface area contributed by atoms with E-state index in [1.54, 1.807) is 0 Å². The minimum atomic E-state index is -0.00294. The van der Waals surface area contributed by atoms with Crippen LogP contribution in [0.5, 0.6) is 0 Å². The van der Waals surface area contributed by atoms with Crippen molar-refractivity contribution in [3.8, 4) is 0 Å². The molecule has 0 radical (unpaired) electrons. The van der Waals surface area contributed by atoms with Crippen LogP contribution in [0.3, 0.4) is 0 Å². The van der Waals surface area contributed by atoms with Crippen LogP contribution in [0.1, 0.15) is 58.8 Å². The van der Waals surface area contributed by atoms with Crippen molar-refractivity contribution in [2.75, 3.05) is 6.61 Å². The predicted molar refractivity (Wildman–Crippen MR) is 57.1 cm³/mol. The second kappa shape index (κ2) is 5.38. The van der Waals surface area contributed by atoms with Gasteiger partial charge in [-0.3, -0.25) is 4.79 Å². The number of esters is 1. The Hall–Kier alpha value is -0.530. The van der Waals surface area contributed by atoms with Gasteiger partial charge in [-0.15, -0.1) is 0 Å². The molecule has 1 aliphatic rings. The Balaban J connectivity index is 2.53. The van der Waals surface area contributed by atoms with Gasteiger partial charge in [-0.25, -0.2) is 0 Å². The smallest absolute Gasteiger partial charge is 0.305 e. The molecule has 1 heterocycles. The molecule has 1 fully saturated rings. The highest BCUT2D eigenvalue weighted by Crippen LogP contribution is 2.36. The fourth-order valence-electron chi connectivity index (χ4n) is 2.19. The molecule has 0 aromatic rings.